The van der Waals surface area contributed by atoms with Gasteiger partial charge in [0.1, 0.15) is 47.4 Å². The van der Waals surface area contributed by atoms with Crippen LogP contribution in [0, 0.1) is 18.3 Å². The van der Waals surface area contributed by atoms with Crippen LogP contribution >= 0.6 is 0 Å². The number of ether oxygens (including phenoxy) is 2. The molecule has 1 aliphatic rings. The summed E-state index contributed by atoms with van der Waals surface area (Å²) in [4.78, 5) is 15.7. The monoisotopic (exact) mass is 498 g/mol. The van der Waals surface area contributed by atoms with Gasteiger partial charge in [-0.25, -0.2) is 9.97 Å². The molecule has 0 unspecified atom stereocenters. The van der Waals surface area contributed by atoms with Crippen molar-refractivity contribution >= 4 is 11.5 Å². The lowest BCUT2D eigenvalue weighted by Gasteiger charge is -2.33. The van der Waals surface area contributed by atoms with Crippen molar-refractivity contribution in [2.45, 2.75) is 45.3 Å². The van der Waals surface area contributed by atoms with Gasteiger partial charge in [-0.2, -0.15) is 5.26 Å². The van der Waals surface area contributed by atoms with Crippen molar-refractivity contribution in [3.63, 3.8) is 0 Å². The number of aromatic nitrogens is 4. The van der Waals surface area contributed by atoms with Crippen molar-refractivity contribution in [2.24, 2.45) is 0 Å². The zero-order valence-electron chi connectivity index (χ0n) is 21.3. The highest BCUT2D eigenvalue weighted by molar-refractivity contribution is 5.68. The third-order valence-electron chi connectivity index (χ3n) is 6.28. The van der Waals surface area contributed by atoms with E-state index in [1.807, 2.05) is 43.5 Å². The molecule has 0 aromatic carbocycles. The standard InChI is InChI=1S/C28H30N6O3/c1-19-4-6-23(17-30-19)37-22-8-10-33(11-9-22)26-7-5-20(15-31-26)25-12-24(36-18-28(2,3)35)13-27-32-16-21(14-29)34(25)27/h4-7,12-13,15-17,22,35H,8-11,18H2,1-3H3. The van der Waals surface area contributed by atoms with E-state index in [-0.39, 0.29) is 12.7 Å². The Labute approximate surface area is 216 Å². The number of nitrogens with zero attached hydrogens (tertiary/aromatic N) is 6. The Balaban J connectivity index is 1.32. The van der Waals surface area contributed by atoms with Gasteiger partial charge in [0.05, 0.1) is 23.7 Å². The van der Waals surface area contributed by atoms with Gasteiger partial charge in [-0.05, 0) is 45.0 Å². The third-order valence-corrected chi connectivity index (χ3v) is 6.28. The quantitative estimate of drug-likeness (QED) is 0.404. The molecule has 4 aromatic rings. The zero-order valence-corrected chi connectivity index (χ0v) is 21.3. The smallest absolute Gasteiger partial charge is 0.145 e. The summed E-state index contributed by atoms with van der Waals surface area (Å²) in [6, 6.07) is 13.7. The second-order valence-electron chi connectivity index (χ2n) is 9.97. The summed E-state index contributed by atoms with van der Waals surface area (Å²) in [5.41, 5.74) is 2.60. The van der Waals surface area contributed by atoms with E-state index in [4.69, 9.17) is 14.5 Å². The van der Waals surface area contributed by atoms with Gasteiger partial charge in [-0.3, -0.25) is 9.38 Å². The second kappa shape index (κ2) is 10.1. The summed E-state index contributed by atoms with van der Waals surface area (Å²) in [5, 5.41) is 19.7. The molecule has 9 heteroatoms. The minimum Gasteiger partial charge on any atom is -0.490 e. The average Bonchev–Trinajstić information content (AvgIpc) is 3.32. The number of fused-ring (bicyclic) bond motifs is 1. The predicted molar refractivity (Wildman–Crippen MR) is 140 cm³/mol. The Kier molecular flexibility index (Phi) is 6.68. The Hall–Kier alpha value is -4.16. The second-order valence-corrected chi connectivity index (χ2v) is 9.97. The van der Waals surface area contributed by atoms with Crippen LogP contribution in [0.3, 0.4) is 0 Å². The molecule has 0 spiro atoms. The molecule has 4 aromatic heterocycles. The molecule has 0 amide bonds. The number of imidazole rings is 1. The summed E-state index contributed by atoms with van der Waals surface area (Å²) in [6.07, 6.45) is 7.09. The normalized spacial score (nSPS) is 14.5. The molecule has 5 rings (SSSR count). The van der Waals surface area contributed by atoms with Crippen molar-refractivity contribution < 1.29 is 14.6 Å². The van der Waals surface area contributed by atoms with Gasteiger partial charge in [0.2, 0.25) is 0 Å². The van der Waals surface area contributed by atoms with Crippen LogP contribution in [0.15, 0.2) is 55.0 Å². The van der Waals surface area contributed by atoms with Crippen LogP contribution in [0.25, 0.3) is 16.9 Å². The van der Waals surface area contributed by atoms with E-state index >= 15 is 0 Å². The number of pyridine rings is 3. The first kappa shape index (κ1) is 24.5. The lowest BCUT2D eigenvalue weighted by Crippen LogP contribution is -2.38. The fourth-order valence-corrected chi connectivity index (χ4v) is 4.37. The minimum absolute atomic E-state index is 0.131. The van der Waals surface area contributed by atoms with E-state index in [1.54, 1.807) is 36.7 Å². The number of aliphatic hydroxyl groups is 1. The number of hydrogen-bond donors (Lipinski definition) is 1. The fourth-order valence-electron chi connectivity index (χ4n) is 4.37. The third kappa shape index (κ3) is 5.65. The lowest BCUT2D eigenvalue weighted by molar-refractivity contribution is 0.0285. The van der Waals surface area contributed by atoms with Crippen LogP contribution in [0.1, 0.15) is 38.1 Å². The summed E-state index contributed by atoms with van der Waals surface area (Å²) >= 11 is 0. The maximum Gasteiger partial charge on any atom is 0.145 e. The maximum atomic E-state index is 10.1. The highest BCUT2D eigenvalue weighted by atomic mass is 16.5. The number of aryl methyl sites for hydroxylation is 1. The first-order valence-electron chi connectivity index (χ1n) is 12.4. The molecule has 1 N–H and O–H groups in total. The number of hydrogen-bond acceptors (Lipinski definition) is 8. The molecule has 37 heavy (non-hydrogen) atoms. The molecule has 190 valence electrons. The summed E-state index contributed by atoms with van der Waals surface area (Å²) < 4.78 is 13.7. The Morgan fingerprint density at radius 2 is 1.84 bits per heavy atom. The molecule has 1 fully saturated rings. The van der Waals surface area contributed by atoms with Crippen molar-refractivity contribution in [1.82, 2.24) is 19.4 Å². The van der Waals surface area contributed by atoms with Gasteiger partial charge >= 0.3 is 0 Å². The molecule has 0 aliphatic carbocycles. The highest BCUT2D eigenvalue weighted by Crippen LogP contribution is 2.29. The SMILES string of the molecule is Cc1ccc(OC2CCN(c3ccc(-c4cc(OCC(C)(C)O)cc5ncc(C#N)n45)cn3)CC2)cn1. The first-order valence-corrected chi connectivity index (χ1v) is 12.4. The molecular weight excluding hydrogens is 468 g/mol. The van der Waals surface area contributed by atoms with Gasteiger partial charge in [-0.1, -0.05) is 0 Å². The van der Waals surface area contributed by atoms with Crippen LogP contribution in [0.2, 0.25) is 0 Å². The lowest BCUT2D eigenvalue weighted by atomic mass is 10.1. The Bertz CT molecular complexity index is 1410. The van der Waals surface area contributed by atoms with Gasteiger partial charge in [0.25, 0.3) is 0 Å². The molecular formula is C28H30N6O3. The molecule has 0 radical (unpaired) electrons. The van der Waals surface area contributed by atoms with Gasteiger partial charge in [0.15, 0.2) is 0 Å². The minimum atomic E-state index is -0.974. The molecule has 5 heterocycles. The summed E-state index contributed by atoms with van der Waals surface area (Å²) in [7, 11) is 0. The van der Waals surface area contributed by atoms with Crippen LogP contribution in [0.5, 0.6) is 11.5 Å². The van der Waals surface area contributed by atoms with Crippen LogP contribution in [-0.2, 0) is 0 Å². The van der Waals surface area contributed by atoms with Crippen molar-refractivity contribution in [3.8, 4) is 28.8 Å². The molecule has 0 saturated carbocycles. The topological polar surface area (TPSA) is 109 Å². The Morgan fingerprint density at radius 1 is 1.03 bits per heavy atom. The van der Waals surface area contributed by atoms with Crippen molar-refractivity contribution in [2.75, 3.05) is 24.6 Å². The first-order chi connectivity index (χ1) is 17.8. The fraction of sp³-hybridized carbons (Fsp3) is 0.357. The zero-order chi connectivity index (χ0) is 26.0. The van der Waals surface area contributed by atoms with E-state index in [1.165, 1.54) is 0 Å². The molecule has 0 bridgehead atoms. The number of nitriles is 1. The Morgan fingerprint density at radius 3 is 2.49 bits per heavy atom. The molecule has 1 aliphatic heterocycles. The van der Waals surface area contributed by atoms with Gasteiger partial charge < -0.3 is 19.5 Å². The summed E-state index contributed by atoms with van der Waals surface area (Å²) in [6.45, 7) is 7.16. The molecule has 0 atom stereocenters. The van der Waals surface area contributed by atoms with Gasteiger partial charge in [-0.15, -0.1) is 0 Å². The molecule has 9 nitrogen and oxygen atoms in total. The van der Waals surface area contributed by atoms with Crippen molar-refractivity contribution in [1.29, 1.82) is 5.26 Å². The number of rotatable bonds is 7. The van der Waals surface area contributed by atoms with E-state index < -0.39 is 5.60 Å². The number of anilines is 1. The average molecular weight is 499 g/mol. The predicted octanol–water partition coefficient (Wildman–Crippen LogP) is 4.17. The van der Waals surface area contributed by atoms with Crippen molar-refractivity contribution in [3.05, 3.63) is 66.4 Å². The van der Waals surface area contributed by atoms with Crippen LogP contribution in [0.4, 0.5) is 5.82 Å². The van der Waals surface area contributed by atoms with E-state index in [9.17, 15) is 10.4 Å². The summed E-state index contributed by atoms with van der Waals surface area (Å²) in [5.74, 6) is 2.27. The highest BCUT2D eigenvalue weighted by Gasteiger charge is 2.22. The largest absolute Gasteiger partial charge is 0.490 e. The van der Waals surface area contributed by atoms with E-state index in [0.29, 0.717) is 17.1 Å². The maximum absolute atomic E-state index is 10.1. The van der Waals surface area contributed by atoms with E-state index in [2.05, 4.69) is 20.9 Å². The van der Waals surface area contributed by atoms with Gasteiger partial charge in [0, 0.05) is 55.5 Å². The number of piperidine rings is 1. The van der Waals surface area contributed by atoms with Crippen LogP contribution in [-0.4, -0.2) is 55.9 Å². The van der Waals surface area contributed by atoms with E-state index in [0.717, 1.165) is 54.4 Å². The molecule has 1 saturated heterocycles. The van der Waals surface area contributed by atoms with Crippen LogP contribution < -0.4 is 14.4 Å².